The molecule has 7 heteroatoms. The highest BCUT2D eigenvalue weighted by Gasteiger charge is 2.48. The molecule has 122 valence electrons. The van der Waals surface area contributed by atoms with Crippen LogP contribution in [0.25, 0.3) is 0 Å². The minimum atomic E-state index is -5.09. The zero-order valence-corrected chi connectivity index (χ0v) is 12.8. The van der Waals surface area contributed by atoms with E-state index in [2.05, 4.69) is 13.0 Å². The van der Waals surface area contributed by atoms with Gasteiger partial charge >= 0.3 is 6.18 Å². The van der Waals surface area contributed by atoms with Crippen LogP contribution in [0, 0.1) is 17.8 Å². The lowest BCUT2D eigenvalue weighted by molar-refractivity contribution is -0.133. The van der Waals surface area contributed by atoms with Gasteiger partial charge in [-0.05, 0) is 56.3 Å². The van der Waals surface area contributed by atoms with Gasteiger partial charge in [0.25, 0.3) is 10.1 Å². The molecule has 0 aliphatic heterocycles. The summed E-state index contributed by atoms with van der Waals surface area (Å²) in [4.78, 5) is 0. The molecule has 2 rings (SSSR count). The predicted octanol–water partition coefficient (Wildman–Crippen LogP) is 3.97. The van der Waals surface area contributed by atoms with Gasteiger partial charge in [0.15, 0.2) is 5.25 Å². The number of halogens is 3. The largest absolute Gasteiger partial charge is 0.407 e. The van der Waals surface area contributed by atoms with Crippen molar-refractivity contribution in [1.82, 2.24) is 0 Å². The average molecular weight is 326 g/mol. The normalized spacial score (nSPS) is 31.7. The van der Waals surface area contributed by atoms with Gasteiger partial charge in [0.2, 0.25) is 0 Å². The zero-order chi connectivity index (χ0) is 15.8. The summed E-state index contributed by atoms with van der Waals surface area (Å²) >= 11 is 0. The van der Waals surface area contributed by atoms with Crippen LogP contribution >= 0.6 is 0 Å². The van der Waals surface area contributed by atoms with Crippen LogP contribution in [0.4, 0.5) is 13.2 Å². The molecule has 2 aliphatic rings. The van der Waals surface area contributed by atoms with Crippen molar-refractivity contribution < 1.29 is 26.1 Å². The fraction of sp³-hybridized carbons (Fsp3) is 0.857. The third-order valence-electron chi connectivity index (χ3n) is 4.56. The van der Waals surface area contributed by atoms with Crippen LogP contribution in [0.2, 0.25) is 0 Å². The molecule has 1 fully saturated rings. The summed E-state index contributed by atoms with van der Waals surface area (Å²) in [5, 5.41) is -2.65. The summed E-state index contributed by atoms with van der Waals surface area (Å²) in [6.07, 6.45) is 0.630. The minimum absolute atomic E-state index is 0.0918. The average Bonchev–Trinajstić information content (AvgIpc) is 2.23. The van der Waals surface area contributed by atoms with Crippen LogP contribution in [0.3, 0.4) is 0 Å². The van der Waals surface area contributed by atoms with Gasteiger partial charge in [-0.3, -0.25) is 4.55 Å². The van der Waals surface area contributed by atoms with Gasteiger partial charge in [-0.2, -0.15) is 21.6 Å². The van der Waals surface area contributed by atoms with E-state index in [1.165, 1.54) is 5.57 Å². The molecular formula is C14H21F3O3S. The van der Waals surface area contributed by atoms with E-state index in [0.29, 0.717) is 11.8 Å². The maximum atomic E-state index is 12.7. The van der Waals surface area contributed by atoms with Crippen molar-refractivity contribution in [3.8, 4) is 0 Å². The summed E-state index contributed by atoms with van der Waals surface area (Å²) in [5.41, 5.74) is 1.30. The molecule has 1 N–H and O–H groups in total. The van der Waals surface area contributed by atoms with E-state index in [4.69, 9.17) is 4.55 Å². The van der Waals surface area contributed by atoms with Gasteiger partial charge in [0, 0.05) is 0 Å². The van der Waals surface area contributed by atoms with Crippen molar-refractivity contribution in [3.63, 3.8) is 0 Å². The van der Waals surface area contributed by atoms with E-state index in [0.717, 1.165) is 25.7 Å². The van der Waals surface area contributed by atoms with Gasteiger partial charge < -0.3 is 0 Å². The summed E-state index contributed by atoms with van der Waals surface area (Å²) in [7, 11) is -5.09. The fourth-order valence-corrected chi connectivity index (χ4v) is 4.63. The maximum absolute atomic E-state index is 12.7. The molecule has 0 aromatic heterocycles. The monoisotopic (exact) mass is 326 g/mol. The number of alkyl halides is 3. The Bertz CT molecular complexity index is 510. The van der Waals surface area contributed by atoms with E-state index in [9.17, 15) is 21.6 Å². The predicted molar refractivity (Wildman–Crippen MR) is 73.3 cm³/mol. The van der Waals surface area contributed by atoms with Crippen molar-refractivity contribution in [2.75, 3.05) is 0 Å². The van der Waals surface area contributed by atoms with Crippen LogP contribution in [0.5, 0.6) is 0 Å². The summed E-state index contributed by atoms with van der Waals surface area (Å²) in [5.74, 6) is 1.13. The second-order valence-corrected chi connectivity index (χ2v) is 8.14. The van der Waals surface area contributed by atoms with Crippen molar-refractivity contribution in [2.24, 2.45) is 17.8 Å². The lowest BCUT2D eigenvalue weighted by atomic mass is 9.69. The number of hydrogen-bond donors (Lipinski definition) is 1. The van der Waals surface area contributed by atoms with Crippen LogP contribution in [0.15, 0.2) is 11.6 Å². The molecule has 0 spiro atoms. The van der Waals surface area contributed by atoms with Crippen molar-refractivity contribution in [3.05, 3.63) is 11.6 Å². The third-order valence-corrected chi connectivity index (χ3v) is 5.78. The Balaban J connectivity index is 1.98. The highest BCUT2D eigenvalue weighted by molar-refractivity contribution is 7.86. The first-order valence-corrected chi connectivity index (χ1v) is 8.78. The van der Waals surface area contributed by atoms with E-state index >= 15 is 0 Å². The van der Waals surface area contributed by atoms with Crippen molar-refractivity contribution in [1.29, 1.82) is 0 Å². The van der Waals surface area contributed by atoms with Crippen LogP contribution < -0.4 is 0 Å². The molecule has 0 amide bonds. The van der Waals surface area contributed by atoms with E-state index in [1.807, 2.05) is 0 Å². The van der Waals surface area contributed by atoms with Crippen molar-refractivity contribution >= 4 is 10.1 Å². The van der Waals surface area contributed by atoms with Crippen LogP contribution in [-0.4, -0.2) is 24.4 Å². The first kappa shape index (κ1) is 16.8. The molecule has 0 aromatic rings. The Hall–Kier alpha value is -0.560. The number of fused-ring (bicyclic) bond motifs is 2. The molecule has 21 heavy (non-hydrogen) atoms. The van der Waals surface area contributed by atoms with Gasteiger partial charge in [0.1, 0.15) is 0 Å². The Morgan fingerprint density at radius 3 is 2.52 bits per heavy atom. The lowest BCUT2D eigenvalue weighted by Crippen LogP contribution is -2.37. The van der Waals surface area contributed by atoms with Gasteiger partial charge in [-0.1, -0.05) is 18.6 Å². The fourth-order valence-electron chi connectivity index (χ4n) is 3.86. The SMILES string of the molecule is CC1C=C2CC(CCC(C(F)(F)F)S(=O)(=O)O)CC(C2)C1. The molecule has 0 radical (unpaired) electrons. The quantitative estimate of drug-likeness (QED) is 0.628. The zero-order valence-electron chi connectivity index (χ0n) is 11.9. The molecule has 0 saturated heterocycles. The standard InChI is InChI=1S/C14H21F3O3S/c1-9-4-11-6-10(7-12(5-9)8-11)2-3-13(14(15,16)17)21(18,19)20/h4,9-10,12-13H,2-3,5-8H2,1H3,(H,18,19,20). The highest BCUT2D eigenvalue weighted by Crippen LogP contribution is 2.43. The lowest BCUT2D eigenvalue weighted by Gasteiger charge is -2.36. The van der Waals surface area contributed by atoms with Crippen molar-refractivity contribution in [2.45, 2.75) is 56.9 Å². The first-order chi connectivity index (χ1) is 9.55. The summed E-state index contributed by atoms with van der Waals surface area (Å²) < 4.78 is 68.7. The Kier molecular flexibility index (Phi) is 4.73. The second-order valence-electron chi connectivity index (χ2n) is 6.54. The minimum Gasteiger partial charge on any atom is -0.285 e. The van der Waals surface area contributed by atoms with Gasteiger partial charge in [-0.15, -0.1) is 0 Å². The van der Waals surface area contributed by atoms with Crippen LogP contribution in [0.1, 0.15) is 45.4 Å². The molecule has 3 nitrogen and oxygen atoms in total. The number of hydrogen-bond acceptors (Lipinski definition) is 2. The molecular weight excluding hydrogens is 305 g/mol. The number of allylic oxidation sites excluding steroid dienone is 2. The Morgan fingerprint density at radius 1 is 1.33 bits per heavy atom. The molecule has 4 unspecified atom stereocenters. The Labute approximate surface area is 123 Å². The molecule has 4 atom stereocenters. The molecule has 2 aliphatic carbocycles. The van der Waals surface area contributed by atoms with E-state index in [1.54, 1.807) is 0 Å². The Morgan fingerprint density at radius 2 is 2.00 bits per heavy atom. The summed E-state index contributed by atoms with van der Waals surface area (Å²) in [6, 6.07) is 0. The van der Waals surface area contributed by atoms with E-state index in [-0.39, 0.29) is 12.3 Å². The topological polar surface area (TPSA) is 54.4 Å². The second kappa shape index (κ2) is 5.91. The molecule has 2 bridgehead atoms. The summed E-state index contributed by atoms with van der Waals surface area (Å²) in [6.45, 7) is 2.14. The van der Waals surface area contributed by atoms with E-state index < -0.39 is 28.0 Å². The molecule has 1 saturated carbocycles. The van der Waals surface area contributed by atoms with Gasteiger partial charge in [-0.25, -0.2) is 0 Å². The smallest absolute Gasteiger partial charge is 0.285 e. The van der Waals surface area contributed by atoms with Crippen LogP contribution in [-0.2, 0) is 10.1 Å². The third kappa shape index (κ3) is 4.45. The molecule has 0 aromatic carbocycles. The molecule has 0 heterocycles. The highest BCUT2D eigenvalue weighted by atomic mass is 32.2. The van der Waals surface area contributed by atoms with Gasteiger partial charge in [0.05, 0.1) is 0 Å². The first-order valence-electron chi connectivity index (χ1n) is 7.28. The number of rotatable bonds is 4. The maximum Gasteiger partial charge on any atom is 0.407 e.